The second kappa shape index (κ2) is 9.44. The molecule has 4 rings (SSSR count). The van der Waals surface area contributed by atoms with Crippen molar-refractivity contribution in [2.45, 2.75) is 51.5 Å². The summed E-state index contributed by atoms with van der Waals surface area (Å²) in [6.07, 6.45) is 1.13. The van der Waals surface area contributed by atoms with Crippen LogP contribution in [-0.4, -0.2) is 31.6 Å². The number of carbonyl (C=O) groups excluding carboxylic acids is 1. The van der Waals surface area contributed by atoms with Crippen molar-refractivity contribution in [2.24, 2.45) is 0 Å². The summed E-state index contributed by atoms with van der Waals surface area (Å²) in [5.41, 5.74) is 1.72. The standard InChI is InChI=1S/C23H26BrFN2O4/c1-3-20(29-4-2)31-23(28)26-17-9-7-11-27-21(17)15-8-5-6-10-18(15)30-19-13-14(25)12-16(24)22(19)27/h5-6,8,10,12-13,17,20-21H,3-4,7,9,11H2,1-2H3,(H,26,28)/t17-,20?,21-/m1/s1. The Hall–Kier alpha value is -2.32. The van der Waals surface area contributed by atoms with Gasteiger partial charge in [-0.2, -0.15) is 0 Å². The number of hydrogen-bond donors (Lipinski definition) is 1. The average Bonchev–Trinajstić information content (AvgIpc) is 2.88. The molecule has 3 atom stereocenters. The molecule has 6 nitrogen and oxygen atoms in total. The Kier molecular flexibility index (Phi) is 6.67. The largest absolute Gasteiger partial charge is 0.455 e. The lowest BCUT2D eigenvalue weighted by molar-refractivity contribution is -0.101. The molecular weight excluding hydrogens is 467 g/mol. The van der Waals surface area contributed by atoms with Crippen molar-refractivity contribution in [3.05, 3.63) is 52.3 Å². The SMILES string of the molecule is CCOC(CC)OC(=O)N[C@@H]1CCCN2c3c(Br)cc(F)cc3Oc3ccccc3[C@H]12. The van der Waals surface area contributed by atoms with Crippen LogP contribution < -0.4 is 15.0 Å². The fourth-order valence-corrected chi connectivity index (χ4v) is 4.99. The van der Waals surface area contributed by atoms with Crippen LogP contribution in [0.5, 0.6) is 11.5 Å². The molecule has 0 aliphatic carbocycles. The second-order valence-corrected chi connectivity index (χ2v) is 8.46. The van der Waals surface area contributed by atoms with Crippen molar-refractivity contribution in [3.63, 3.8) is 0 Å². The maximum Gasteiger partial charge on any atom is 0.409 e. The highest BCUT2D eigenvalue weighted by Gasteiger charge is 2.40. The molecule has 0 bridgehead atoms. The van der Waals surface area contributed by atoms with E-state index in [2.05, 4.69) is 26.1 Å². The fourth-order valence-electron chi connectivity index (χ4n) is 4.34. The van der Waals surface area contributed by atoms with Gasteiger partial charge in [0.05, 0.1) is 17.8 Å². The number of para-hydroxylation sites is 1. The molecule has 0 saturated carbocycles. The average molecular weight is 493 g/mol. The Morgan fingerprint density at radius 3 is 2.90 bits per heavy atom. The molecule has 2 aliphatic rings. The summed E-state index contributed by atoms with van der Waals surface area (Å²) >= 11 is 3.51. The predicted octanol–water partition coefficient (Wildman–Crippen LogP) is 5.90. The van der Waals surface area contributed by atoms with E-state index in [1.165, 1.54) is 12.1 Å². The van der Waals surface area contributed by atoms with E-state index in [0.29, 0.717) is 29.0 Å². The molecule has 166 valence electrons. The van der Waals surface area contributed by atoms with Gasteiger partial charge in [0.15, 0.2) is 5.75 Å². The van der Waals surface area contributed by atoms with Crippen LogP contribution in [0.25, 0.3) is 0 Å². The van der Waals surface area contributed by atoms with E-state index >= 15 is 0 Å². The van der Waals surface area contributed by atoms with E-state index in [1.807, 2.05) is 38.1 Å². The maximum atomic E-state index is 14.1. The Morgan fingerprint density at radius 2 is 2.13 bits per heavy atom. The van der Waals surface area contributed by atoms with Gasteiger partial charge in [-0.25, -0.2) is 9.18 Å². The number of benzene rings is 2. The summed E-state index contributed by atoms with van der Waals surface area (Å²) in [6, 6.07) is 10.1. The number of amides is 1. The first kappa shape index (κ1) is 21.9. The molecule has 0 spiro atoms. The first-order chi connectivity index (χ1) is 15.0. The van der Waals surface area contributed by atoms with Crippen molar-refractivity contribution >= 4 is 27.7 Å². The molecule has 1 saturated heterocycles. The van der Waals surface area contributed by atoms with Crippen LogP contribution in [0.3, 0.4) is 0 Å². The Bertz CT molecular complexity index is 957. The number of halogens is 2. The summed E-state index contributed by atoms with van der Waals surface area (Å²) in [5.74, 6) is 0.724. The van der Waals surface area contributed by atoms with Crippen LogP contribution >= 0.6 is 15.9 Å². The molecule has 2 aromatic rings. The number of alkyl carbamates (subject to hydrolysis) is 1. The minimum Gasteiger partial charge on any atom is -0.455 e. The van der Waals surface area contributed by atoms with E-state index < -0.39 is 12.4 Å². The predicted molar refractivity (Wildman–Crippen MR) is 119 cm³/mol. The van der Waals surface area contributed by atoms with Gasteiger partial charge < -0.3 is 24.4 Å². The molecule has 8 heteroatoms. The fraction of sp³-hybridized carbons (Fsp3) is 0.435. The molecule has 1 N–H and O–H groups in total. The van der Waals surface area contributed by atoms with E-state index in [0.717, 1.165) is 30.6 Å². The van der Waals surface area contributed by atoms with Gasteiger partial charge in [-0.1, -0.05) is 25.1 Å². The van der Waals surface area contributed by atoms with E-state index in [4.69, 9.17) is 14.2 Å². The van der Waals surface area contributed by atoms with Crippen molar-refractivity contribution in [1.82, 2.24) is 5.32 Å². The van der Waals surface area contributed by atoms with Crippen LogP contribution in [0, 0.1) is 5.82 Å². The zero-order valence-electron chi connectivity index (χ0n) is 17.6. The normalized spacial score (nSPS) is 20.5. The zero-order chi connectivity index (χ0) is 22.0. The molecule has 2 aromatic carbocycles. The van der Waals surface area contributed by atoms with Gasteiger partial charge >= 0.3 is 6.09 Å². The number of piperidine rings is 1. The second-order valence-electron chi connectivity index (χ2n) is 7.60. The Morgan fingerprint density at radius 1 is 1.32 bits per heavy atom. The molecule has 31 heavy (non-hydrogen) atoms. The number of hydrogen-bond acceptors (Lipinski definition) is 5. The number of ether oxygens (including phenoxy) is 3. The third-order valence-corrected chi connectivity index (χ3v) is 6.20. The molecule has 1 amide bonds. The highest BCUT2D eigenvalue weighted by molar-refractivity contribution is 9.10. The van der Waals surface area contributed by atoms with Gasteiger partial charge in [0.1, 0.15) is 11.6 Å². The molecule has 1 unspecified atom stereocenters. The first-order valence-corrected chi connectivity index (χ1v) is 11.4. The number of carbonyl (C=O) groups is 1. The molecule has 0 aromatic heterocycles. The minimum atomic E-state index is -0.577. The van der Waals surface area contributed by atoms with Crippen LogP contribution in [0.1, 0.15) is 44.7 Å². The lowest BCUT2D eigenvalue weighted by atomic mass is 9.89. The van der Waals surface area contributed by atoms with Crippen LogP contribution in [0.15, 0.2) is 40.9 Å². The molecular formula is C23H26BrFN2O4. The lowest BCUT2D eigenvalue weighted by Crippen LogP contribution is -2.50. The summed E-state index contributed by atoms with van der Waals surface area (Å²) in [6.45, 7) is 4.99. The van der Waals surface area contributed by atoms with E-state index in [9.17, 15) is 9.18 Å². The topological polar surface area (TPSA) is 60.0 Å². The number of fused-ring (bicyclic) bond motifs is 5. The van der Waals surface area contributed by atoms with E-state index in [-0.39, 0.29) is 17.9 Å². The Balaban J connectivity index is 1.69. The first-order valence-electron chi connectivity index (χ1n) is 10.6. The monoisotopic (exact) mass is 492 g/mol. The highest BCUT2D eigenvalue weighted by atomic mass is 79.9. The summed E-state index contributed by atoms with van der Waals surface area (Å²) < 4.78 is 31.8. The lowest BCUT2D eigenvalue weighted by Gasteiger charge is -2.42. The summed E-state index contributed by atoms with van der Waals surface area (Å²) in [4.78, 5) is 14.8. The molecule has 2 heterocycles. The van der Waals surface area contributed by atoms with Crippen LogP contribution in [0.4, 0.5) is 14.9 Å². The van der Waals surface area contributed by atoms with Crippen molar-refractivity contribution < 1.29 is 23.4 Å². The van der Waals surface area contributed by atoms with Crippen molar-refractivity contribution in [3.8, 4) is 11.5 Å². The van der Waals surface area contributed by atoms with Gasteiger partial charge in [-0.3, -0.25) is 0 Å². The number of rotatable bonds is 5. The highest BCUT2D eigenvalue weighted by Crippen LogP contribution is 2.50. The van der Waals surface area contributed by atoms with Crippen LogP contribution in [0.2, 0.25) is 0 Å². The van der Waals surface area contributed by atoms with Crippen LogP contribution in [-0.2, 0) is 9.47 Å². The van der Waals surface area contributed by atoms with Gasteiger partial charge in [0.2, 0.25) is 6.29 Å². The van der Waals surface area contributed by atoms with Crippen molar-refractivity contribution in [2.75, 3.05) is 18.1 Å². The molecule has 1 fully saturated rings. The molecule has 0 radical (unpaired) electrons. The van der Waals surface area contributed by atoms with Crippen molar-refractivity contribution in [1.29, 1.82) is 0 Å². The number of anilines is 1. The quantitative estimate of drug-likeness (QED) is 0.526. The zero-order valence-corrected chi connectivity index (χ0v) is 19.2. The number of nitrogens with zero attached hydrogens (tertiary/aromatic N) is 1. The minimum absolute atomic E-state index is 0.187. The Labute approximate surface area is 189 Å². The third-order valence-electron chi connectivity index (χ3n) is 5.60. The van der Waals surface area contributed by atoms with Gasteiger partial charge in [-0.15, -0.1) is 0 Å². The van der Waals surface area contributed by atoms with Gasteiger partial charge in [0, 0.05) is 35.7 Å². The van der Waals surface area contributed by atoms with E-state index in [1.54, 1.807) is 0 Å². The summed E-state index contributed by atoms with van der Waals surface area (Å²) in [7, 11) is 0. The molecule has 2 aliphatic heterocycles. The van der Waals surface area contributed by atoms with Gasteiger partial charge in [-0.05, 0) is 47.8 Å². The smallest absolute Gasteiger partial charge is 0.409 e. The maximum absolute atomic E-state index is 14.1. The number of nitrogens with one attached hydrogen (secondary N) is 1. The van der Waals surface area contributed by atoms with Gasteiger partial charge in [0.25, 0.3) is 0 Å². The third kappa shape index (κ3) is 4.50. The summed E-state index contributed by atoms with van der Waals surface area (Å²) in [5, 5.41) is 3.04.